The van der Waals surface area contributed by atoms with Gasteiger partial charge >= 0.3 is 0 Å². The number of halogens is 1. The first-order chi connectivity index (χ1) is 8.88. The van der Waals surface area contributed by atoms with Crippen LogP contribution in [0, 0.1) is 14.9 Å². The van der Waals surface area contributed by atoms with E-state index >= 15 is 0 Å². The second kappa shape index (κ2) is 5.90. The number of hydrogen-bond donors (Lipinski definition) is 1. The van der Waals surface area contributed by atoms with E-state index in [0.717, 1.165) is 24.7 Å². The number of anilines is 2. The van der Waals surface area contributed by atoms with Crippen LogP contribution in [-0.2, 0) is 0 Å². The summed E-state index contributed by atoms with van der Waals surface area (Å²) >= 11 is 2.32. The van der Waals surface area contributed by atoms with Crippen LogP contribution in [0.3, 0.4) is 0 Å². The van der Waals surface area contributed by atoms with Crippen LogP contribution in [-0.4, -0.2) is 13.1 Å². The van der Waals surface area contributed by atoms with Gasteiger partial charge < -0.3 is 10.6 Å². The molecular formula is C16H25IN2. The van der Waals surface area contributed by atoms with Crippen molar-refractivity contribution in [2.45, 2.75) is 40.0 Å². The quantitative estimate of drug-likeness (QED) is 0.580. The molecule has 3 heteroatoms. The minimum atomic E-state index is 0.424. The lowest BCUT2D eigenvalue weighted by molar-refractivity contribution is 0.220. The number of hydrogen-bond acceptors (Lipinski definition) is 2. The summed E-state index contributed by atoms with van der Waals surface area (Å²) in [7, 11) is 0. The van der Waals surface area contributed by atoms with Crippen molar-refractivity contribution < 1.29 is 0 Å². The molecule has 0 aliphatic carbocycles. The Kier molecular flexibility index (Phi) is 4.64. The summed E-state index contributed by atoms with van der Waals surface area (Å²) in [6.07, 6.45) is 3.88. The summed E-state index contributed by atoms with van der Waals surface area (Å²) in [5.41, 5.74) is 8.74. The van der Waals surface area contributed by atoms with E-state index in [1.807, 2.05) is 0 Å². The Balaban J connectivity index is 2.11. The van der Waals surface area contributed by atoms with Gasteiger partial charge in [-0.05, 0) is 71.4 Å². The third kappa shape index (κ3) is 3.77. The van der Waals surface area contributed by atoms with Crippen molar-refractivity contribution in [3.05, 3.63) is 21.8 Å². The van der Waals surface area contributed by atoms with E-state index < -0.39 is 0 Å². The largest absolute Gasteiger partial charge is 0.397 e. The molecule has 1 saturated heterocycles. The van der Waals surface area contributed by atoms with Crippen LogP contribution in [0.4, 0.5) is 11.4 Å². The number of nitrogen functional groups attached to an aromatic ring is 1. The zero-order valence-electron chi connectivity index (χ0n) is 12.2. The van der Waals surface area contributed by atoms with E-state index in [4.69, 9.17) is 5.73 Å². The van der Waals surface area contributed by atoms with Gasteiger partial charge in [0.2, 0.25) is 0 Å². The molecule has 1 heterocycles. The van der Waals surface area contributed by atoms with Crippen LogP contribution in [0.5, 0.6) is 0 Å². The maximum absolute atomic E-state index is 6.18. The summed E-state index contributed by atoms with van der Waals surface area (Å²) in [4.78, 5) is 2.47. The lowest BCUT2D eigenvalue weighted by atomic mass is 9.77. The third-order valence-electron chi connectivity index (χ3n) is 4.28. The topological polar surface area (TPSA) is 29.3 Å². The van der Waals surface area contributed by atoms with Crippen LogP contribution >= 0.6 is 22.6 Å². The second-order valence-electron chi connectivity index (χ2n) is 6.68. The van der Waals surface area contributed by atoms with Gasteiger partial charge in [-0.25, -0.2) is 0 Å². The highest BCUT2D eigenvalue weighted by molar-refractivity contribution is 14.1. The average molecular weight is 372 g/mol. The Labute approximate surface area is 130 Å². The minimum absolute atomic E-state index is 0.424. The fraction of sp³-hybridized carbons (Fsp3) is 0.625. The fourth-order valence-corrected chi connectivity index (χ4v) is 3.53. The van der Waals surface area contributed by atoms with Gasteiger partial charge in [-0.1, -0.05) is 20.8 Å². The summed E-state index contributed by atoms with van der Waals surface area (Å²) in [5, 5.41) is 0. The van der Waals surface area contributed by atoms with Crippen molar-refractivity contribution >= 4 is 34.0 Å². The molecule has 1 fully saturated rings. The zero-order valence-corrected chi connectivity index (χ0v) is 14.4. The van der Waals surface area contributed by atoms with Gasteiger partial charge in [-0.2, -0.15) is 0 Å². The van der Waals surface area contributed by atoms with Gasteiger partial charge in [-0.3, -0.25) is 0 Å². The van der Waals surface area contributed by atoms with Crippen molar-refractivity contribution in [1.82, 2.24) is 0 Å². The molecule has 0 amide bonds. The molecule has 1 aliphatic heterocycles. The highest BCUT2D eigenvalue weighted by Crippen LogP contribution is 2.36. The molecule has 106 valence electrons. The Bertz CT molecular complexity index is 437. The molecule has 0 bridgehead atoms. The lowest BCUT2D eigenvalue weighted by Gasteiger charge is -2.30. The second-order valence-corrected chi connectivity index (χ2v) is 7.93. The van der Waals surface area contributed by atoms with E-state index in [1.54, 1.807) is 0 Å². The van der Waals surface area contributed by atoms with E-state index in [-0.39, 0.29) is 0 Å². The molecule has 1 aromatic rings. The standard InChI is InChI=1S/C16H25IN2/c1-16(2,3)12-5-4-9-19(10-8-12)15-7-6-13(17)11-14(15)18/h6-7,11-12H,4-5,8-10,18H2,1-3H3. The van der Waals surface area contributed by atoms with E-state index in [9.17, 15) is 0 Å². The lowest BCUT2D eigenvalue weighted by Crippen LogP contribution is -2.26. The molecule has 2 N–H and O–H groups in total. The number of nitrogens with two attached hydrogens (primary N) is 1. The van der Waals surface area contributed by atoms with E-state index in [2.05, 4.69) is 66.5 Å². The van der Waals surface area contributed by atoms with Crippen molar-refractivity contribution in [2.24, 2.45) is 11.3 Å². The smallest absolute Gasteiger partial charge is 0.0600 e. The van der Waals surface area contributed by atoms with Crippen molar-refractivity contribution in [3.63, 3.8) is 0 Å². The Morgan fingerprint density at radius 2 is 1.95 bits per heavy atom. The van der Waals surface area contributed by atoms with Gasteiger partial charge in [0.1, 0.15) is 0 Å². The minimum Gasteiger partial charge on any atom is -0.397 e. The molecule has 1 atom stereocenters. The van der Waals surface area contributed by atoms with E-state index in [1.165, 1.54) is 28.5 Å². The highest BCUT2D eigenvalue weighted by atomic mass is 127. The third-order valence-corrected chi connectivity index (χ3v) is 4.95. The summed E-state index contributed by atoms with van der Waals surface area (Å²) in [6, 6.07) is 6.40. The zero-order chi connectivity index (χ0) is 14.0. The molecular weight excluding hydrogens is 347 g/mol. The summed E-state index contributed by atoms with van der Waals surface area (Å²) < 4.78 is 1.21. The molecule has 2 rings (SSSR count). The van der Waals surface area contributed by atoms with Gasteiger partial charge in [0.05, 0.1) is 11.4 Å². The van der Waals surface area contributed by atoms with Gasteiger partial charge in [0.15, 0.2) is 0 Å². The molecule has 0 aromatic heterocycles. The van der Waals surface area contributed by atoms with Crippen LogP contribution in [0.2, 0.25) is 0 Å². The first-order valence-electron chi connectivity index (χ1n) is 7.18. The summed E-state index contributed by atoms with van der Waals surface area (Å²) in [5.74, 6) is 0.822. The predicted octanol–water partition coefficient (Wildman–Crippen LogP) is 4.53. The molecule has 2 nitrogen and oxygen atoms in total. The van der Waals surface area contributed by atoms with Crippen LogP contribution in [0.25, 0.3) is 0 Å². The first-order valence-corrected chi connectivity index (χ1v) is 8.26. The Morgan fingerprint density at radius 3 is 2.58 bits per heavy atom. The van der Waals surface area contributed by atoms with Crippen LogP contribution in [0.15, 0.2) is 18.2 Å². The maximum Gasteiger partial charge on any atom is 0.0600 e. The van der Waals surface area contributed by atoms with Crippen molar-refractivity contribution in [3.8, 4) is 0 Å². The fourth-order valence-electron chi connectivity index (χ4n) is 3.02. The molecule has 0 spiro atoms. The van der Waals surface area contributed by atoms with E-state index in [0.29, 0.717) is 5.41 Å². The Morgan fingerprint density at radius 1 is 1.21 bits per heavy atom. The molecule has 1 unspecified atom stereocenters. The summed E-state index contributed by atoms with van der Waals surface area (Å²) in [6.45, 7) is 9.37. The van der Waals surface area contributed by atoms with Crippen LogP contribution < -0.4 is 10.6 Å². The molecule has 1 aromatic carbocycles. The van der Waals surface area contributed by atoms with Gasteiger partial charge in [-0.15, -0.1) is 0 Å². The predicted molar refractivity (Wildman–Crippen MR) is 92.6 cm³/mol. The molecule has 0 radical (unpaired) electrons. The van der Waals surface area contributed by atoms with Gasteiger partial charge in [0.25, 0.3) is 0 Å². The maximum atomic E-state index is 6.18. The van der Waals surface area contributed by atoms with Gasteiger partial charge in [0, 0.05) is 16.7 Å². The first kappa shape index (κ1) is 14.9. The van der Waals surface area contributed by atoms with Crippen molar-refractivity contribution in [2.75, 3.05) is 23.7 Å². The number of nitrogens with zero attached hydrogens (tertiary/aromatic N) is 1. The highest BCUT2D eigenvalue weighted by Gasteiger charge is 2.27. The normalized spacial score (nSPS) is 21.3. The Hall–Kier alpha value is -0.450. The van der Waals surface area contributed by atoms with Crippen molar-refractivity contribution in [1.29, 1.82) is 0 Å². The monoisotopic (exact) mass is 372 g/mol. The SMILES string of the molecule is CC(C)(C)C1CCCN(c2ccc(I)cc2N)CC1. The number of benzene rings is 1. The number of rotatable bonds is 1. The molecule has 0 saturated carbocycles. The average Bonchev–Trinajstić information content (AvgIpc) is 2.54. The van der Waals surface area contributed by atoms with Crippen LogP contribution in [0.1, 0.15) is 40.0 Å². The molecule has 1 aliphatic rings. The molecule has 19 heavy (non-hydrogen) atoms.